The quantitative estimate of drug-likeness (QED) is 0.833. The zero-order valence-corrected chi connectivity index (χ0v) is 12.3. The first-order valence-electron chi connectivity index (χ1n) is 6.43. The van der Waals surface area contributed by atoms with Crippen LogP contribution in [0.2, 0.25) is 5.02 Å². The van der Waals surface area contributed by atoms with Gasteiger partial charge in [0, 0.05) is 6.04 Å². The van der Waals surface area contributed by atoms with Crippen LogP contribution in [0.5, 0.6) is 0 Å². The van der Waals surface area contributed by atoms with Gasteiger partial charge in [-0.2, -0.15) is 8.75 Å². The first kappa shape index (κ1) is 13.6. The Kier molecular flexibility index (Phi) is 4.78. The summed E-state index contributed by atoms with van der Waals surface area (Å²) in [6.45, 7) is 4.41. The van der Waals surface area contributed by atoms with Gasteiger partial charge in [-0.15, -0.1) is 0 Å². The molecule has 0 radical (unpaired) electrons. The maximum atomic E-state index is 6.28. The van der Waals surface area contributed by atoms with Crippen LogP contribution >= 0.6 is 23.3 Å². The molecule has 1 aromatic heterocycles. The number of fused-ring (bicyclic) bond motifs is 1. The average molecular weight is 284 g/mol. The lowest BCUT2D eigenvalue weighted by Crippen LogP contribution is -2.19. The highest BCUT2D eigenvalue weighted by atomic mass is 35.5. The molecule has 0 amide bonds. The minimum absolute atomic E-state index is 0.463. The van der Waals surface area contributed by atoms with Crippen molar-refractivity contribution in [2.24, 2.45) is 0 Å². The number of hydrogen-bond acceptors (Lipinski definition) is 4. The number of nitrogens with zero attached hydrogens (tertiary/aromatic N) is 2. The van der Waals surface area contributed by atoms with Crippen LogP contribution < -0.4 is 5.32 Å². The fourth-order valence-electron chi connectivity index (χ4n) is 2.15. The molecule has 0 spiro atoms. The van der Waals surface area contributed by atoms with E-state index in [0.29, 0.717) is 6.04 Å². The predicted molar refractivity (Wildman–Crippen MR) is 79.7 cm³/mol. The molecule has 1 aromatic carbocycles. The Hall–Kier alpha value is -0.870. The van der Waals surface area contributed by atoms with Gasteiger partial charge in [-0.3, -0.25) is 0 Å². The van der Waals surface area contributed by atoms with Crippen molar-refractivity contribution in [3.8, 4) is 0 Å². The van der Waals surface area contributed by atoms with Crippen LogP contribution in [0.25, 0.3) is 11.0 Å². The summed E-state index contributed by atoms with van der Waals surface area (Å²) < 4.78 is 8.59. The fraction of sp³-hybridized carbons (Fsp3) is 0.538. The molecule has 0 saturated heterocycles. The lowest BCUT2D eigenvalue weighted by molar-refractivity contribution is 0.587. The summed E-state index contributed by atoms with van der Waals surface area (Å²) in [6, 6.07) is 4.27. The number of aromatic nitrogens is 2. The van der Waals surface area contributed by atoms with Gasteiger partial charge in [0.1, 0.15) is 11.0 Å². The number of halogens is 1. The van der Waals surface area contributed by atoms with Crippen molar-refractivity contribution >= 4 is 40.0 Å². The van der Waals surface area contributed by atoms with Gasteiger partial charge in [0.05, 0.1) is 22.4 Å². The van der Waals surface area contributed by atoms with E-state index in [-0.39, 0.29) is 0 Å². The van der Waals surface area contributed by atoms with Gasteiger partial charge in [0.15, 0.2) is 0 Å². The topological polar surface area (TPSA) is 37.8 Å². The minimum Gasteiger partial charge on any atom is -0.379 e. The molecule has 0 fully saturated rings. The van der Waals surface area contributed by atoms with E-state index >= 15 is 0 Å². The average Bonchev–Trinajstić information content (AvgIpc) is 2.82. The molecule has 0 bridgehead atoms. The van der Waals surface area contributed by atoms with E-state index in [0.717, 1.165) is 34.6 Å². The van der Waals surface area contributed by atoms with Crippen LogP contribution in [0.1, 0.15) is 39.5 Å². The zero-order valence-electron chi connectivity index (χ0n) is 10.7. The van der Waals surface area contributed by atoms with Gasteiger partial charge in [0.2, 0.25) is 0 Å². The predicted octanol–water partition coefficient (Wildman–Crippen LogP) is 4.73. The Bertz CT molecular complexity index is 506. The molecule has 3 nitrogen and oxygen atoms in total. The van der Waals surface area contributed by atoms with Gasteiger partial charge in [-0.05, 0) is 25.0 Å². The first-order valence-corrected chi connectivity index (χ1v) is 7.54. The lowest BCUT2D eigenvalue weighted by Gasteiger charge is -2.19. The van der Waals surface area contributed by atoms with Gasteiger partial charge >= 0.3 is 0 Å². The number of anilines is 1. The van der Waals surface area contributed by atoms with Crippen LogP contribution in [-0.2, 0) is 0 Å². The van der Waals surface area contributed by atoms with Gasteiger partial charge in [0.25, 0.3) is 0 Å². The maximum Gasteiger partial charge on any atom is 0.129 e. The number of hydrogen-bond donors (Lipinski definition) is 1. The monoisotopic (exact) mass is 283 g/mol. The molecule has 0 aliphatic carbocycles. The second kappa shape index (κ2) is 6.34. The molecule has 98 valence electrons. The summed E-state index contributed by atoms with van der Waals surface area (Å²) in [4.78, 5) is 0. The standard InChI is InChI=1S/C13H18ClN3S/c1-3-5-9(6-4-2)15-12-10(14)7-8-11-13(12)17-18-16-11/h7-9,15H,3-6H2,1-2H3. The Morgan fingerprint density at radius 3 is 2.61 bits per heavy atom. The summed E-state index contributed by atoms with van der Waals surface area (Å²) in [5, 5.41) is 4.28. The van der Waals surface area contributed by atoms with E-state index in [1.54, 1.807) is 0 Å². The number of rotatable bonds is 6. The molecule has 0 atom stereocenters. The van der Waals surface area contributed by atoms with Crippen molar-refractivity contribution in [3.63, 3.8) is 0 Å². The molecule has 18 heavy (non-hydrogen) atoms. The van der Waals surface area contributed by atoms with Crippen molar-refractivity contribution < 1.29 is 0 Å². The van der Waals surface area contributed by atoms with E-state index in [9.17, 15) is 0 Å². The minimum atomic E-state index is 0.463. The van der Waals surface area contributed by atoms with Crippen LogP contribution in [-0.4, -0.2) is 14.8 Å². The fourth-order valence-corrected chi connectivity index (χ4v) is 2.90. The molecule has 1 N–H and O–H groups in total. The Balaban J connectivity index is 2.28. The smallest absolute Gasteiger partial charge is 0.129 e. The van der Waals surface area contributed by atoms with E-state index < -0.39 is 0 Å². The van der Waals surface area contributed by atoms with E-state index in [4.69, 9.17) is 11.6 Å². The molecule has 5 heteroatoms. The van der Waals surface area contributed by atoms with Crippen LogP contribution in [0.4, 0.5) is 5.69 Å². The lowest BCUT2D eigenvalue weighted by atomic mass is 10.1. The van der Waals surface area contributed by atoms with Crippen molar-refractivity contribution in [2.75, 3.05) is 5.32 Å². The summed E-state index contributed by atoms with van der Waals surface area (Å²) in [6.07, 6.45) is 4.64. The van der Waals surface area contributed by atoms with Crippen LogP contribution in [0.15, 0.2) is 12.1 Å². The molecule has 0 aliphatic heterocycles. The Morgan fingerprint density at radius 2 is 1.94 bits per heavy atom. The third kappa shape index (κ3) is 2.93. The SMILES string of the molecule is CCCC(CCC)Nc1c(Cl)ccc2nsnc12. The first-order chi connectivity index (χ1) is 8.76. The molecule has 0 unspecified atom stereocenters. The molecular formula is C13H18ClN3S. The van der Waals surface area contributed by atoms with Crippen molar-refractivity contribution in [2.45, 2.75) is 45.6 Å². The maximum absolute atomic E-state index is 6.28. The molecule has 2 rings (SSSR count). The van der Waals surface area contributed by atoms with Gasteiger partial charge < -0.3 is 5.32 Å². The summed E-state index contributed by atoms with van der Waals surface area (Å²) in [5.74, 6) is 0. The van der Waals surface area contributed by atoms with Gasteiger partial charge in [-0.1, -0.05) is 38.3 Å². The zero-order chi connectivity index (χ0) is 13.0. The Morgan fingerprint density at radius 1 is 1.22 bits per heavy atom. The highest BCUT2D eigenvalue weighted by molar-refractivity contribution is 7.00. The van der Waals surface area contributed by atoms with Crippen molar-refractivity contribution in [3.05, 3.63) is 17.2 Å². The number of benzene rings is 1. The highest BCUT2D eigenvalue weighted by Crippen LogP contribution is 2.31. The Labute approximate surface area is 117 Å². The van der Waals surface area contributed by atoms with Gasteiger partial charge in [-0.25, -0.2) is 0 Å². The molecule has 1 heterocycles. The molecule has 0 saturated carbocycles. The van der Waals surface area contributed by atoms with E-state index in [2.05, 4.69) is 27.9 Å². The van der Waals surface area contributed by atoms with Crippen molar-refractivity contribution in [1.29, 1.82) is 0 Å². The second-order valence-electron chi connectivity index (χ2n) is 4.47. The van der Waals surface area contributed by atoms with Crippen LogP contribution in [0, 0.1) is 0 Å². The number of nitrogens with one attached hydrogen (secondary N) is 1. The summed E-state index contributed by atoms with van der Waals surface area (Å²) in [5.41, 5.74) is 2.75. The molecule has 2 aromatic rings. The van der Waals surface area contributed by atoms with E-state index in [1.807, 2.05) is 12.1 Å². The van der Waals surface area contributed by atoms with E-state index in [1.165, 1.54) is 24.6 Å². The third-order valence-corrected chi connectivity index (χ3v) is 3.86. The molecule has 0 aliphatic rings. The van der Waals surface area contributed by atoms with Crippen LogP contribution in [0.3, 0.4) is 0 Å². The summed E-state index contributed by atoms with van der Waals surface area (Å²) >= 11 is 7.51. The van der Waals surface area contributed by atoms with Crippen molar-refractivity contribution in [1.82, 2.24) is 8.75 Å². The third-order valence-electron chi connectivity index (χ3n) is 3.00. The normalized spacial score (nSPS) is 11.3. The molecular weight excluding hydrogens is 266 g/mol. The second-order valence-corrected chi connectivity index (χ2v) is 5.41. The summed E-state index contributed by atoms with van der Waals surface area (Å²) in [7, 11) is 0. The highest BCUT2D eigenvalue weighted by Gasteiger charge is 2.13. The largest absolute Gasteiger partial charge is 0.379 e.